The third-order valence-corrected chi connectivity index (χ3v) is 8.41. The highest BCUT2D eigenvalue weighted by molar-refractivity contribution is 6.29. The molecule has 3 aromatic heterocycles. The average Bonchev–Trinajstić information content (AvgIpc) is 3.21. The smallest absolute Gasteiger partial charge is 0.439 e. The van der Waals surface area contributed by atoms with Crippen LogP contribution in [0.2, 0.25) is 5.15 Å². The van der Waals surface area contributed by atoms with Crippen molar-refractivity contribution in [3.8, 4) is 11.5 Å². The molecule has 1 atom stereocenters. The normalized spacial score (nSPS) is 23.1. The molecule has 3 fully saturated rings. The summed E-state index contributed by atoms with van der Waals surface area (Å²) in [6.07, 6.45) is 0.927. The SMILES string of the molecule is Cc1cc([C@@H](C)Nc2ccc(Cl)nc2-c2noc(=O)[nH]2)c2oc(C34CC(C(C)(F)F)(C3)C4)c(C)c(=O)c2c1. The molecule has 3 aliphatic rings. The van der Waals surface area contributed by atoms with Gasteiger partial charge in [-0.05, 0) is 70.7 Å². The maximum absolute atomic E-state index is 14.2. The Morgan fingerprint density at radius 2 is 1.89 bits per heavy atom. The first-order valence-corrected chi connectivity index (χ1v) is 12.7. The van der Waals surface area contributed by atoms with E-state index in [2.05, 4.69) is 25.0 Å². The number of halogens is 3. The molecule has 0 radical (unpaired) electrons. The number of fused-ring (bicyclic) bond motifs is 1. The summed E-state index contributed by atoms with van der Waals surface area (Å²) < 4.78 is 39.4. The highest BCUT2D eigenvalue weighted by Crippen LogP contribution is 2.78. The number of aryl methyl sites for hydroxylation is 1. The largest absolute Gasteiger partial charge is 0.460 e. The van der Waals surface area contributed by atoms with Crippen molar-refractivity contribution in [1.82, 2.24) is 15.1 Å². The Morgan fingerprint density at radius 3 is 2.53 bits per heavy atom. The minimum atomic E-state index is -2.76. The second-order valence-electron chi connectivity index (χ2n) is 10.9. The van der Waals surface area contributed by atoms with E-state index in [1.165, 1.54) is 0 Å². The van der Waals surface area contributed by atoms with E-state index in [1.54, 1.807) is 25.1 Å². The van der Waals surface area contributed by atoms with E-state index in [-0.39, 0.29) is 22.1 Å². The molecular weight excluding hydrogens is 518 g/mol. The molecular formula is C27H25ClF2N4O4. The number of aromatic amines is 1. The van der Waals surface area contributed by atoms with E-state index in [9.17, 15) is 18.4 Å². The summed E-state index contributed by atoms with van der Waals surface area (Å²) in [5, 5.41) is 7.70. The number of aromatic nitrogens is 3. The first-order valence-electron chi connectivity index (χ1n) is 12.3. The molecule has 2 N–H and O–H groups in total. The van der Waals surface area contributed by atoms with E-state index in [4.69, 9.17) is 16.0 Å². The minimum absolute atomic E-state index is 0.107. The predicted octanol–water partition coefficient (Wildman–Crippen LogP) is 6.05. The second kappa shape index (κ2) is 7.99. The van der Waals surface area contributed by atoms with Crippen LogP contribution < -0.4 is 16.5 Å². The Kier molecular flexibility index (Phi) is 5.21. The van der Waals surface area contributed by atoms with Gasteiger partial charge in [-0.2, -0.15) is 0 Å². The monoisotopic (exact) mass is 542 g/mol. The van der Waals surface area contributed by atoms with Crippen LogP contribution in [0.25, 0.3) is 22.5 Å². The van der Waals surface area contributed by atoms with Gasteiger partial charge in [0, 0.05) is 22.0 Å². The van der Waals surface area contributed by atoms with E-state index < -0.39 is 28.6 Å². The molecule has 3 aliphatic carbocycles. The zero-order valence-electron chi connectivity index (χ0n) is 21.2. The molecule has 3 heterocycles. The summed E-state index contributed by atoms with van der Waals surface area (Å²) in [6.45, 7) is 6.47. The van der Waals surface area contributed by atoms with E-state index in [0.717, 1.165) is 18.1 Å². The molecule has 4 aromatic rings. The van der Waals surface area contributed by atoms with E-state index >= 15 is 0 Å². The molecule has 11 heteroatoms. The lowest BCUT2D eigenvalue weighted by Gasteiger charge is -2.71. The highest BCUT2D eigenvalue weighted by Gasteiger charge is 2.77. The standard InChI is InChI=1S/C27H25ClF2N4O4/c1-12-7-15(14(3)31-17-5-6-18(28)32-19(17)23-33-24(36)38-34-23)21-16(8-12)20(35)13(2)22(37-21)26-9-27(10-26,11-26)25(4,29)30/h5-8,14,31H,9-11H2,1-4H3,(H,33,34,36)/t14-,26?,27?/m1/s1. The Hall–Kier alpha value is -3.53. The fourth-order valence-electron chi connectivity index (χ4n) is 6.26. The number of H-pyrrole nitrogens is 1. The summed E-state index contributed by atoms with van der Waals surface area (Å²) in [7, 11) is 0. The van der Waals surface area contributed by atoms with Gasteiger partial charge in [-0.25, -0.2) is 18.6 Å². The predicted molar refractivity (Wildman–Crippen MR) is 138 cm³/mol. The van der Waals surface area contributed by atoms with E-state index in [0.29, 0.717) is 47.2 Å². The summed E-state index contributed by atoms with van der Waals surface area (Å²) in [6, 6.07) is 6.61. The van der Waals surface area contributed by atoms with Crippen LogP contribution in [0.1, 0.15) is 61.6 Å². The van der Waals surface area contributed by atoms with Gasteiger partial charge in [-0.1, -0.05) is 22.8 Å². The molecule has 0 saturated heterocycles. The van der Waals surface area contributed by atoms with Crippen LogP contribution in [-0.4, -0.2) is 21.0 Å². The lowest BCUT2D eigenvalue weighted by Crippen LogP contribution is -2.71. The van der Waals surface area contributed by atoms with Crippen molar-refractivity contribution in [2.75, 3.05) is 5.32 Å². The molecule has 3 saturated carbocycles. The van der Waals surface area contributed by atoms with Crippen molar-refractivity contribution >= 4 is 28.3 Å². The van der Waals surface area contributed by atoms with Crippen LogP contribution in [0.4, 0.5) is 14.5 Å². The van der Waals surface area contributed by atoms with Crippen LogP contribution in [0.15, 0.2) is 42.8 Å². The minimum Gasteiger partial charge on any atom is -0.460 e. The van der Waals surface area contributed by atoms with Gasteiger partial charge < -0.3 is 9.73 Å². The van der Waals surface area contributed by atoms with Crippen molar-refractivity contribution in [3.05, 3.63) is 72.6 Å². The van der Waals surface area contributed by atoms with Gasteiger partial charge in [0.15, 0.2) is 5.43 Å². The number of anilines is 1. The van der Waals surface area contributed by atoms with Crippen LogP contribution in [0.5, 0.6) is 0 Å². The number of benzene rings is 1. The molecule has 7 rings (SSSR count). The van der Waals surface area contributed by atoms with Crippen LogP contribution >= 0.6 is 11.6 Å². The number of hydrogen-bond donors (Lipinski definition) is 2. The molecule has 38 heavy (non-hydrogen) atoms. The average molecular weight is 543 g/mol. The van der Waals surface area contributed by atoms with Gasteiger partial charge in [0.25, 0.3) is 5.92 Å². The van der Waals surface area contributed by atoms with Crippen molar-refractivity contribution in [3.63, 3.8) is 0 Å². The zero-order chi connectivity index (χ0) is 27.2. The Balaban J connectivity index is 1.42. The van der Waals surface area contributed by atoms with Gasteiger partial charge in [0.05, 0.1) is 17.1 Å². The van der Waals surface area contributed by atoms with Gasteiger partial charge in [-0.3, -0.25) is 14.3 Å². The molecule has 2 bridgehead atoms. The molecule has 1 aromatic carbocycles. The second-order valence-corrected chi connectivity index (χ2v) is 11.3. The fourth-order valence-corrected chi connectivity index (χ4v) is 6.41. The third kappa shape index (κ3) is 3.53. The Labute approximate surface area is 220 Å². The summed E-state index contributed by atoms with van der Waals surface area (Å²) in [5.41, 5.74) is 1.59. The van der Waals surface area contributed by atoms with Gasteiger partial charge in [0.2, 0.25) is 5.82 Å². The lowest BCUT2D eigenvalue weighted by atomic mass is 9.32. The van der Waals surface area contributed by atoms with Gasteiger partial charge >= 0.3 is 5.76 Å². The van der Waals surface area contributed by atoms with Crippen LogP contribution in [-0.2, 0) is 5.41 Å². The Morgan fingerprint density at radius 1 is 1.18 bits per heavy atom. The summed E-state index contributed by atoms with van der Waals surface area (Å²) >= 11 is 6.09. The van der Waals surface area contributed by atoms with Crippen LogP contribution in [0.3, 0.4) is 0 Å². The number of nitrogens with zero attached hydrogens (tertiary/aromatic N) is 2. The van der Waals surface area contributed by atoms with Crippen molar-refractivity contribution in [1.29, 1.82) is 0 Å². The van der Waals surface area contributed by atoms with Gasteiger partial charge in [0.1, 0.15) is 22.2 Å². The fraction of sp³-hybridized carbons (Fsp3) is 0.407. The first-order chi connectivity index (χ1) is 17.8. The van der Waals surface area contributed by atoms with Gasteiger partial charge in [-0.15, -0.1) is 0 Å². The van der Waals surface area contributed by atoms with E-state index in [1.807, 2.05) is 19.9 Å². The van der Waals surface area contributed by atoms with Crippen molar-refractivity contribution in [2.24, 2.45) is 5.41 Å². The molecule has 0 amide bonds. The summed E-state index contributed by atoms with van der Waals surface area (Å²) in [4.78, 5) is 31.8. The summed E-state index contributed by atoms with van der Waals surface area (Å²) in [5.74, 6) is -2.88. The Bertz CT molecular complexity index is 1720. The molecule has 198 valence electrons. The maximum Gasteiger partial charge on any atom is 0.439 e. The number of pyridine rings is 1. The highest BCUT2D eigenvalue weighted by atomic mass is 35.5. The van der Waals surface area contributed by atoms with Crippen LogP contribution in [0, 0.1) is 19.3 Å². The zero-order valence-corrected chi connectivity index (χ0v) is 21.9. The topological polar surface area (TPSA) is 114 Å². The maximum atomic E-state index is 14.2. The molecule has 0 aliphatic heterocycles. The lowest BCUT2D eigenvalue weighted by molar-refractivity contribution is -0.277. The van der Waals surface area contributed by atoms with Crippen molar-refractivity contribution in [2.45, 2.75) is 64.3 Å². The number of rotatable bonds is 6. The molecule has 0 spiro atoms. The number of alkyl halides is 2. The molecule has 0 unspecified atom stereocenters. The third-order valence-electron chi connectivity index (χ3n) is 8.20. The number of nitrogens with one attached hydrogen (secondary N) is 2. The number of hydrogen-bond acceptors (Lipinski definition) is 7. The molecule has 8 nitrogen and oxygen atoms in total. The van der Waals surface area contributed by atoms with Crippen molar-refractivity contribution < 1.29 is 17.7 Å². The first kappa shape index (κ1) is 24.8. The quantitative estimate of drug-likeness (QED) is 0.285.